The Labute approximate surface area is 122 Å². The third kappa shape index (κ3) is 2.32. The smallest absolute Gasteiger partial charge is 0.127 e. The summed E-state index contributed by atoms with van der Waals surface area (Å²) in [6.07, 6.45) is 2.56. The van der Waals surface area contributed by atoms with Gasteiger partial charge in [-0.25, -0.2) is 4.98 Å². The molecule has 102 valence electrons. The Hall–Kier alpha value is -0.870. The third-order valence-electron chi connectivity index (χ3n) is 4.10. The molecule has 1 aliphatic heterocycles. The van der Waals surface area contributed by atoms with E-state index in [1.165, 1.54) is 24.2 Å². The minimum Gasteiger partial charge on any atom is -0.327 e. The average Bonchev–Trinajstić information content (AvgIpc) is 2.76. The molecule has 1 aromatic heterocycles. The van der Waals surface area contributed by atoms with E-state index in [2.05, 4.69) is 57.9 Å². The van der Waals surface area contributed by atoms with Gasteiger partial charge in [-0.05, 0) is 50.4 Å². The first kappa shape index (κ1) is 13.1. The highest BCUT2D eigenvalue weighted by atomic mass is 79.9. The molecule has 0 amide bonds. The van der Waals surface area contributed by atoms with Gasteiger partial charge in [-0.3, -0.25) is 0 Å². The van der Waals surface area contributed by atoms with Crippen LogP contribution >= 0.6 is 15.9 Å². The second-order valence-corrected chi connectivity index (χ2v) is 6.31. The molecule has 0 saturated carbocycles. The zero-order valence-electron chi connectivity index (χ0n) is 11.5. The number of hydrogen-bond acceptors (Lipinski definition) is 2. The molecular formula is C15H20BrN3. The number of nitrogens with zero attached hydrogens (tertiary/aromatic N) is 2. The van der Waals surface area contributed by atoms with Crippen molar-refractivity contribution in [3.63, 3.8) is 0 Å². The van der Waals surface area contributed by atoms with E-state index >= 15 is 0 Å². The lowest BCUT2D eigenvalue weighted by Gasteiger charge is -2.29. The van der Waals surface area contributed by atoms with Crippen molar-refractivity contribution >= 4 is 27.0 Å². The van der Waals surface area contributed by atoms with Crippen LogP contribution in [0.2, 0.25) is 0 Å². The van der Waals surface area contributed by atoms with E-state index in [1.54, 1.807) is 0 Å². The van der Waals surface area contributed by atoms with Gasteiger partial charge in [0, 0.05) is 11.0 Å². The van der Waals surface area contributed by atoms with Crippen LogP contribution in [0.5, 0.6) is 0 Å². The predicted molar refractivity (Wildman–Crippen MR) is 82.2 cm³/mol. The van der Waals surface area contributed by atoms with Crippen LogP contribution in [0.3, 0.4) is 0 Å². The quantitative estimate of drug-likeness (QED) is 0.909. The summed E-state index contributed by atoms with van der Waals surface area (Å²) in [6, 6.07) is 6.75. The molecule has 19 heavy (non-hydrogen) atoms. The monoisotopic (exact) mass is 321 g/mol. The van der Waals surface area contributed by atoms with Crippen molar-refractivity contribution in [3.8, 4) is 0 Å². The van der Waals surface area contributed by atoms with E-state index in [0.29, 0.717) is 12.0 Å². The molecule has 2 unspecified atom stereocenters. The summed E-state index contributed by atoms with van der Waals surface area (Å²) in [5, 5.41) is 3.64. The van der Waals surface area contributed by atoms with E-state index in [9.17, 15) is 0 Å². The fraction of sp³-hybridized carbons (Fsp3) is 0.533. The van der Waals surface area contributed by atoms with Crippen molar-refractivity contribution < 1.29 is 0 Å². The molecule has 1 N–H and O–H groups in total. The average molecular weight is 322 g/mol. The van der Waals surface area contributed by atoms with Gasteiger partial charge in [0.25, 0.3) is 0 Å². The van der Waals surface area contributed by atoms with Gasteiger partial charge >= 0.3 is 0 Å². The summed E-state index contributed by atoms with van der Waals surface area (Å²) in [5.74, 6) is 1.85. The molecule has 0 spiro atoms. The van der Waals surface area contributed by atoms with Crippen LogP contribution in [0.1, 0.15) is 38.6 Å². The minimum atomic E-state index is 0.389. The van der Waals surface area contributed by atoms with Gasteiger partial charge < -0.3 is 9.88 Å². The van der Waals surface area contributed by atoms with Crippen molar-refractivity contribution in [2.24, 2.45) is 5.92 Å². The highest BCUT2D eigenvalue weighted by molar-refractivity contribution is 9.10. The summed E-state index contributed by atoms with van der Waals surface area (Å²) < 4.78 is 3.44. The lowest BCUT2D eigenvalue weighted by Crippen LogP contribution is -2.34. The number of fused-ring (bicyclic) bond motifs is 1. The number of halogens is 1. The van der Waals surface area contributed by atoms with Gasteiger partial charge in [0.05, 0.1) is 17.1 Å². The summed E-state index contributed by atoms with van der Waals surface area (Å²) in [4.78, 5) is 4.89. The standard InChI is InChI=1S/C15H20BrN3/c1-3-19-13-7-6-11(16)9-12(13)18-15(19)14-10(2)5-4-8-17-14/h6-7,9-10,14,17H,3-5,8H2,1-2H3. The minimum absolute atomic E-state index is 0.389. The van der Waals surface area contributed by atoms with Gasteiger partial charge in [0.15, 0.2) is 0 Å². The summed E-state index contributed by atoms with van der Waals surface area (Å²) in [7, 11) is 0. The lowest BCUT2D eigenvalue weighted by atomic mass is 9.92. The fourth-order valence-electron chi connectivity index (χ4n) is 3.09. The zero-order valence-corrected chi connectivity index (χ0v) is 13.1. The van der Waals surface area contributed by atoms with Crippen LogP contribution in [0.4, 0.5) is 0 Å². The Morgan fingerprint density at radius 2 is 2.32 bits per heavy atom. The molecule has 4 heteroatoms. The van der Waals surface area contributed by atoms with Crippen LogP contribution in [-0.4, -0.2) is 16.1 Å². The van der Waals surface area contributed by atoms with Gasteiger partial charge in [-0.1, -0.05) is 22.9 Å². The molecule has 0 aliphatic carbocycles. The Morgan fingerprint density at radius 1 is 1.47 bits per heavy atom. The van der Waals surface area contributed by atoms with Crippen molar-refractivity contribution in [3.05, 3.63) is 28.5 Å². The normalized spacial score (nSPS) is 23.9. The van der Waals surface area contributed by atoms with E-state index in [-0.39, 0.29) is 0 Å². The predicted octanol–water partition coefficient (Wildman–Crippen LogP) is 3.88. The molecule has 1 aliphatic rings. The van der Waals surface area contributed by atoms with Crippen molar-refractivity contribution in [1.29, 1.82) is 0 Å². The first-order valence-corrected chi connectivity index (χ1v) is 7.89. The molecule has 1 aromatic carbocycles. The molecule has 3 rings (SSSR count). The van der Waals surface area contributed by atoms with Crippen molar-refractivity contribution in [2.45, 2.75) is 39.3 Å². The van der Waals surface area contributed by atoms with Crippen molar-refractivity contribution in [2.75, 3.05) is 6.54 Å². The van der Waals surface area contributed by atoms with E-state index < -0.39 is 0 Å². The first-order chi connectivity index (χ1) is 9.20. The number of piperidine rings is 1. The maximum Gasteiger partial charge on any atom is 0.127 e. The Kier molecular flexibility index (Phi) is 3.63. The molecule has 0 radical (unpaired) electrons. The third-order valence-corrected chi connectivity index (χ3v) is 4.60. The molecule has 1 saturated heterocycles. The Morgan fingerprint density at radius 3 is 3.05 bits per heavy atom. The topological polar surface area (TPSA) is 29.9 Å². The summed E-state index contributed by atoms with van der Waals surface area (Å²) in [5.41, 5.74) is 2.33. The SMILES string of the molecule is CCn1c(C2NCCCC2C)nc2cc(Br)ccc21. The molecule has 0 bridgehead atoms. The highest BCUT2D eigenvalue weighted by Crippen LogP contribution is 2.31. The van der Waals surface area contributed by atoms with Gasteiger partial charge in [-0.15, -0.1) is 0 Å². The van der Waals surface area contributed by atoms with E-state index in [0.717, 1.165) is 23.1 Å². The molecule has 2 aromatic rings. The van der Waals surface area contributed by atoms with Gasteiger partial charge in [-0.2, -0.15) is 0 Å². The first-order valence-electron chi connectivity index (χ1n) is 7.09. The molecular weight excluding hydrogens is 302 g/mol. The van der Waals surface area contributed by atoms with Crippen LogP contribution in [0.25, 0.3) is 11.0 Å². The molecule has 1 fully saturated rings. The second kappa shape index (κ2) is 5.25. The maximum atomic E-state index is 4.89. The molecule has 3 nitrogen and oxygen atoms in total. The number of nitrogens with one attached hydrogen (secondary N) is 1. The number of rotatable bonds is 2. The Balaban J connectivity index is 2.11. The zero-order chi connectivity index (χ0) is 13.4. The van der Waals surface area contributed by atoms with Gasteiger partial charge in [0.2, 0.25) is 0 Å². The fourth-order valence-corrected chi connectivity index (χ4v) is 3.44. The van der Waals surface area contributed by atoms with Crippen LogP contribution in [-0.2, 0) is 6.54 Å². The lowest BCUT2D eigenvalue weighted by molar-refractivity contribution is 0.289. The number of hydrogen-bond donors (Lipinski definition) is 1. The highest BCUT2D eigenvalue weighted by Gasteiger charge is 2.27. The largest absolute Gasteiger partial charge is 0.327 e. The van der Waals surface area contributed by atoms with Crippen LogP contribution < -0.4 is 5.32 Å². The van der Waals surface area contributed by atoms with Crippen LogP contribution in [0.15, 0.2) is 22.7 Å². The number of aromatic nitrogens is 2. The van der Waals surface area contributed by atoms with E-state index in [4.69, 9.17) is 4.98 Å². The van der Waals surface area contributed by atoms with Crippen molar-refractivity contribution in [1.82, 2.24) is 14.9 Å². The molecule has 2 heterocycles. The summed E-state index contributed by atoms with van der Waals surface area (Å²) in [6.45, 7) is 6.59. The number of imidazole rings is 1. The number of aryl methyl sites for hydroxylation is 1. The van der Waals surface area contributed by atoms with Crippen LogP contribution in [0, 0.1) is 5.92 Å². The van der Waals surface area contributed by atoms with Gasteiger partial charge in [0.1, 0.15) is 5.82 Å². The van der Waals surface area contributed by atoms with E-state index in [1.807, 2.05) is 0 Å². The molecule has 2 atom stereocenters. The summed E-state index contributed by atoms with van der Waals surface area (Å²) >= 11 is 3.53. The Bertz CT molecular complexity index is 590. The number of benzene rings is 1. The second-order valence-electron chi connectivity index (χ2n) is 5.40. The maximum absolute atomic E-state index is 4.89.